The molecule has 0 spiro atoms. The van der Waals surface area contributed by atoms with Gasteiger partial charge in [0.1, 0.15) is 5.82 Å². The lowest BCUT2D eigenvalue weighted by atomic mass is 10.0. The van der Waals surface area contributed by atoms with Crippen LogP contribution in [0.2, 0.25) is 0 Å². The summed E-state index contributed by atoms with van der Waals surface area (Å²) in [5.41, 5.74) is 0.564. The van der Waals surface area contributed by atoms with E-state index < -0.39 is 0 Å². The Balaban J connectivity index is 0.00000162. The van der Waals surface area contributed by atoms with E-state index in [-0.39, 0.29) is 24.1 Å². The van der Waals surface area contributed by atoms with Crippen molar-refractivity contribution in [3.63, 3.8) is 0 Å². The van der Waals surface area contributed by atoms with Crippen LogP contribution in [0.4, 0.5) is 4.39 Å². The molecule has 1 saturated heterocycles. The molecule has 1 N–H and O–H groups in total. The minimum absolute atomic E-state index is 0. The number of halogens is 2. The maximum Gasteiger partial charge on any atom is 0.253 e. The Morgan fingerprint density at radius 2 is 1.83 bits per heavy atom. The number of hydrogen-bond donors (Lipinski definition) is 1. The fourth-order valence-corrected chi connectivity index (χ4v) is 2.15. The van der Waals surface area contributed by atoms with Crippen LogP contribution in [0.3, 0.4) is 0 Å². The number of likely N-dealkylation sites (tertiary alicyclic amines) is 1. The number of amides is 1. The van der Waals surface area contributed by atoms with E-state index in [9.17, 15) is 9.18 Å². The Kier molecular flexibility index (Phi) is 5.56. The largest absolute Gasteiger partial charge is 0.339 e. The van der Waals surface area contributed by atoms with Gasteiger partial charge in [-0.05, 0) is 44.2 Å². The first-order chi connectivity index (χ1) is 8.20. The topological polar surface area (TPSA) is 32.3 Å². The van der Waals surface area contributed by atoms with E-state index in [1.54, 1.807) is 12.1 Å². The van der Waals surface area contributed by atoms with Gasteiger partial charge in [0.2, 0.25) is 0 Å². The van der Waals surface area contributed by atoms with Crippen molar-refractivity contribution in [2.75, 3.05) is 20.1 Å². The quantitative estimate of drug-likeness (QED) is 0.894. The van der Waals surface area contributed by atoms with Crippen molar-refractivity contribution in [2.24, 2.45) is 0 Å². The van der Waals surface area contributed by atoms with Gasteiger partial charge in [-0.1, -0.05) is 0 Å². The van der Waals surface area contributed by atoms with Gasteiger partial charge in [0, 0.05) is 24.7 Å². The third-order valence-corrected chi connectivity index (χ3v) is 3.28. The first-order valence-electron chi connectivity index (χ1n) is 5.93. The molecule has 0 aromatic heterocycles. The molecule has 1 aromatic rings. The summed E-state index contributed by atoms with van der Waals surface area (Å²) in [6.07, 6.45) is 1.95. The predicted molar refractivity (Wildman–Crippen MR) is 71.6 cm³/mol. The van der Waals surface area contributed by atoms with Crippen LogP contribution < -0.4 is 5.32 Å². The highest BCUT2D eigenvalue weighted by atomic mass is 35.5. The standard InChI is InChI=1S/C13H17FN2O.ClH/c1-15-12-6-8-16(9-7-12)13(17)10-2-4-11(14)5-3-10;/h2-5,12,15H,6-9H2,1H3;1H. The molecule has 0 bridgehead atoms. The first kappa shape index (κ1) is 14.9. The van der Waals surface area contributed by atoms with Crippen LogP contribution in [-0.4, -0.2) is 37.0 Å². The highest BCUT2D eigenvalue weighted by Crippen LogP contribution is 2.14. The van der Waals surface area contributed by atoms with E-state index >= 15 is 0 Å². The number of carbonyl (C=O) groups excluding carboxylic acids is 1. The minimum Gasteiger partial charge on any atom is -0.339 e. The molecule has 0 atom stereocenters. The minimum atomic E-state index is -0.310. The third kappa shape index (κ3) is 3.43. The second-order valence-corrected chi connectivity index (χ2v) is 4.36. The van der Waals surface area contributed by atoms with Gasteiger partial charge >= 0.3 is 0 Å². The molecule has 1 aliphatic rings. The zero-order valence-corrected chi connectivity index (χ0v) is 11.2. The maximum atomic E-state index is 12.8. The number of piperidine rings is 1. The molecule has 1 heterocycles. The summed E-state index contributed by atoms with van der Waals surface area (Å²) in [6.45, 7) is 1.53. The zero-order chi connectivity index (χ0) is 12.3. The Morgan fingerprint density at radius 3 is 2.33 bits per heavy atom. The summed E-state index contributed by atoms with van der Waals surface area (Å²) < 4.78 is 12.8. The SMILES string of the molecule is CNC1CCN(C(=O)c2ccc(F)cc2)CC1.Cl. The van der Waals surface area contributed by atoms with Crippen molar-refractivity contribution in [2.45, 2.75) is 18.9 Å². The van der Waals surface area contributed by atoms with E-state index in [0.717, 1.165) is 25.9 Å². The van der Waals surface area contributed by atoms with Crippen molar-refractivity contribution >= 4 is 18.3 Å². The average molecular weight is 273 g/mol. The summed E-state index contributed by atoms with van der Waals surface area (Å²) >= 11 is 0. The van der Waals surface area contributed by atoms with Gasteiger partial charge in [-0.3, -0.25) is 4.79 Å². The monoisotopic (exact) mass is 272 g/mol. The van der Waals surface area contributed by atoms with Gasteiger partial charge < -0.3 is 10.2 Å². The Bertz CT molecular complexity index is 388. The molecule has 1 amide bonds. The van der Waals surface area contributed by atoms with Crippen LogP contribution in [-0.2, 0) is 0 Å². The van der Waals surface area contributed by atoms with Gasteiger partial charge in [-0.25, -0.2) is 4.39 Å². The second-order valence-electron chi connectivity index (χ2n) is 4.36. The molecule has 0 unspecified atom stereocenters. The lowest BCUT2D eigenvalue weighted by Crippen LogP contribution is -2.43. The molecule has 18 heavy (non-hydrogen) atoms. The fraction of sp³-hybridized carbons (Fsp3) is 0.462. The first-order valence-corrected chi connectivity index (χ1v) is 5.93. The Hall–Kier alpha value is -1.13. The van der Waals surface area contributed by atoms with E-state index in [0.29, 0.717) is 11.6 Å². The van der Waals surface area contributed by atoms with Gasteiger partial charge in [-0.15, -0.1) is 12.4 Å². The average Bonchev–Trinajstić information content (AvgIpc) is 2.39. The number of nitrogens with zero attached hydrogens (tertiary/aromatic N) is 1. The third-order valence-electron chi connectivity index (χ3n) is 3.28. The van der Waals surface area contributed by atoms with Crippen LogP contribution in [0.25, 0.3) is 0 Å². The number of hydrogen-bond acceptors (Lipinski definition) is 2. The number of carbonyl (C=O) groups is 1. The Labute approximate surface area is 113 Å². The van der Waals surface area contributed by atoms with Gasteiger partial charge in [0.25, 0.3) is 5.91 Å². The number of nitrogens with one attached hydrogen (secondary N) is 1. The van der Waals surface area contributed by atoms with E-state index in [2.05, 4.69) is 5.32 Å². The molecule has 0 saturated carbocycles. The maximum absolute atomic E-state index is 12.8. The van der Waals surface area contributed by atoms with Gasteiger partial charge in [0.05, 0.1) is 0 Å². The summed E-state index contributed by atoms with van der Waals surface area (Å²) in [5, 5.41) is 3.22. The van der Waals surface area contributed by atoms with Gasteiger partial charge in [0.15, 0.2) is 0 Å². The second kappa shape index (κ2) is 6.71. The van der Waals surface area contributed by atoms with Crippen molar-refractivity contribution < 1.29 is 9.18 Å². The smallest absolute Gasteiger partial charge is 0.253 e. The lowest BCUT2D eigenvalue weighted by Gasteiger charge is -2.31. The van der Waals surface area contributed by atoms with E-state index in [1.807, 2.05) is 11.9 Å². The number of rotatable bonds is 2. The molecule has 1 aliphatic heterocycles. The molecule has 100 valence electrons. The van der Waals surface area contributed by atoms with Gasteiger partial charge in [-0.2, -0.15) is 0 Å². The fourth-order valence-electron chi connectivity index (χ4n) is 2.15. The van der Waals surface area contributed by atoms with Crippen molar-refractivity contribution in [1.29, 1.82) is 0 Å². The van der Waals surface area contributed by atoms with Crippen molar-refractivity contribution in [3.05, 3.63) is 35.6 Å². The van der Waals surface area contributed by atoms with Crippen LogP contribution in [0.15, 0.2) is 24.3 Å². The summed E-state index contributed by atoms with van der Waals surface area (Å²) in [6, 6.07) is 6.25. The van der Waals surface area contributed by atoms with Crippen LogP contribution in [0.1, 0.15) is 23.2 Å². The molecule has 1 aromatic carbocycles. The molecular formula is C13H18ClFN2O. The van der Waals surface area contributed by atoms with Crippen LogP contribution in [0, 0.1) is 5.82 Å². The summed E-state index contributed by atoms with van der Waals surface area (Å²) in [4.78, 5) is 13.9. The lowest BCUT2D eigenvalue weighted by molar-refractivity contribution is 0.0707. The summed E-state index contributed by atoms with van der Waals surface area (Å²) in [5.74, 6) is -0.310. The number of benzene rings is 1. The summed E-state index contributed by atoms with van der Waals surface area (Å²) in [7, 11) is 1.95. The van der Waals surface area contributed by atoms with E-state index in [4.69, 9.17) is 0 Å². The molecule has 2 rings (SSSR count). The van der Waals surface area contributed by atoms with Crippen LogP contribution >= 0.6 is 12.4 Å². The highest BCUT2D eigenvalue weighted by molar-refractivity contribution is 5.94. The van der Waals surface area contributed by atoms with Crippen molar-refractivity contribution in [3.8, 4) is 0 Å². The van der Waals surface area contributed by atoms with E-state index in [1.165, 1.54) is 12.1 Å². The molecule has 0 radical (unpaired) electrons. The normalized spacial score (nSPS) is 16.2. The molecular weight excluding hydrogens is 255 g/mol. The molecule has 3 nitrogen and oxygen atoms in total. The predicted octanol–water partition coefficient (Wildman–Crippen LogP) is 2.07. The highest BCUT2D eigenvalue weighted by Gasteiger charge is 2.22. The molecule has 1 fully saturated rings. The molecule has 0 aliphatic carbocycles. The molecule has 5 heteroatoms. The van der Waals surface area contributed by atoms with Crippen LogP contribution in [0.5, 0.6) is 0 Å². The van der Waals surface area contributed by atoms with Crippen molar-refractivity contribution in [1.82, 2.24) is 10.2 Å². The zero-order valence-electron chi connectivity index (χ0n) is 10.4. The Morgan fingerprint density at radius 1 is 1.28 bits per heavy atom.